The first kappa shape index (κ1) is 30.1. The van der Waals surface area contributed by atoms with Gasteiger partial charge < -0.3 is 18.6 Å². The number of amides is 2. The third-order valence-electron chi connectivity index (χ3n) is 5.84. The predicted octanol–water partition coefficient (Wildman–Crippen LogP) is 5.03. The molecule has 0 saturated carbocycles. The van der Waals surface area contributed by atoms with Gasteiger partial charge in [0.25, 0.3) is 5.91 Å². The molecule has 1 aliphatic rings. The lowest BCUT2D eigenvalue weighted by Crippen LogP contribution is -2.43. The van der Waals surface area contributed by atoms with Crippen LogP contribution in [-0.2, 0) is 25.1 Å². The fourth-order valence-corrected chi connectivity index (χ4v) is 5.32. The summed E-state index contributed by atoms with van der Waals surface area (Å²) >= 11 is 0. The zero-order valence-corrected chi connectivity index (χ0v) is 23.8. The van der Waals surface area contributed by atoms with Crippen LogP contribution >= 0.6 is 0 Å². The molecule has 0 radical (unpaired) electrons. The molecule has 0 saturated heterocycles. The van der Waals surface area contributed by atoms with Crippen LogP contribution in [0.3, 0.4) is 0 Å². The summed E-state index contributed by atoms with van der Waals surface area (Å²) in [5.41, 5.74) is -2.22. The molecular formula is C26H33F2N6O4S-. The molecule has 212 valence electrons. The van der Waals surface area contributed by atoms with Crippen LogP contribution in [0, 0.1) is 24.5 Å². The second-order valence-electron chi connectivity index (χ2n) is 10.6. The number of carbonyl (C=O) groups excluding carboxylic acids is 2. The number of nitrogens with one attached hydrogen (secondary N) is 2. The Kier molecular flexibility index (Phi) is 9.04. The highest BCUT2D eigenvalue weighted by Crippen LogP contribution is 2.37. The largest absolute Gasteiger partial charge is 0.444 e. The minimum Gasteiger partial charge on any atom is -0.444 e. The molecule has 2 atom stereocenters. The molecule has 1 aliphatic heterocycles. The molecule has 0 aliphatic carbocycles. The molecule has 3 heterocycles. The van der Waals surface area contributed by atoms with Gasteiger partial charge in [-0.1, -0.05) is 13.8 Å². The Balaban J connectivity index is 2.07. The summed E-state index contributed by atoms with van der Waals surface area (Å²) in [5.74, 6) is -2.18. The minimum absolute atomic E-state index is 0.0183. The molecule has 10 nitrogen and oxygen atoms in total. The van der Waals surface area contributed by atoms with Crippen LogP contribution in [0.4, 0.5) is 19.4 Å². The highest BCUT2D eigenvalue weighted by Gasteiger charge is 2.39. The summed E-state index contributed by atoms with van der Waals surface area (Å²) < 4.78 is 51.1. The highest BCUT2D eigenvalue weighted by molar-refractivity contribution is 7.75. The van der Waals surface area contributed by atoms with Crippen molar-refractivity contribution in [2.24, 2.45) is 15.3 Å². The number of amidine groups is 1. The van der Waals surface area contributed by atoms with E-state index in [4.69, 9.17) is 9.73 Å². The van der Waals surface area contributed by atoms with Crippen LogP contribution in [0.1, 0.15) is 69.7 Å². The maximum atomic E-state index is 15.4. The number of pyridine rings is 2. The molecule has 0 fully saturated rings. The number of hydrogen-bond donors (Lipinski definition) is 2. The third kappa shape index (κ3) is 7.34. The number of rotatable bonds is 6. The number of alkyl carbamates (subject to hydrolysis) is 1. The Morgan fingerprint density at radius 1 is 1.21 bits per heavy atom. The maximum Gasteiger partial charge on any atom is 0.413 e. The lowest BCUT2D eigenvalue weighted by Gasteiger charge is -2.36. The van der Waals surface area contributed by atoms with Crippen molar-refractivity contribution in [2.45, 2.75) is 71.3 Å². The van der Waals surface area contributed by atoms with Crippen LogP contribution in [0.25, 0.3) is 0 Å². The van der Waals surface area contributed by atoms with Crippen molar-refractivity contribution in [3.05, 3.63) is 53.0 Å². The monoisotopic (exact) mass is 563 g/mol. The van der Waals surface area contributed by atoms with E-state index in [9.17, 15) is 18.2 Å². The van der Waals surface area contributed by atoms with Gasteiger partial charge in [0.15, 0.2) is 0 Å². The van der Waals surface area contributed by atoms with E-state index < -0.39 is 50.6 Å². The van der Waals surface area contributed by atoms with Crippen molar-refractivity contribution >= 4 is 34.2 Å². The van der Waals surface area contributed by atoms with E-state index in [1.54, 1.807) is 41.5 Å². The molecule has 3 rings (SSSR count). The summed E-state index contributed by atoms with van der Waals surface area (Å²) in [6.45, 7) is 12.1. The van der Waals surface area contributed by atoms with Gasteiger partial charge in [-0.05, 0) is 70.1 Å². The zero-order valence-electron chi connectivity index (χ0n) is 23.0. The van der Waals surface area contributed by atoms with Crippen molar-refractivity contribution in [3.63, 3.8) is 0 Å². The molecule has 0 spiro atoms. The van der Waals surface area contributed by atoms with E-state index >= 15 is 4.39 Å². The number of aryl methyl sites for hydroxylation is 1. The number of aromatic nitrogens is 2. The SMILES string of the molecule is Cc1cc(F)cnc1C(=O)Nc1ccc(F)c(C(C)(N=C(NC(=O)OC(C)(C)C)C(C)C)C2CCN=[S-]2=O)n1. The average Bonchev–Trinajstić information content (AvgIpc) is 3.25. The second-order valence-corrected chi connectivity index (χ2v) is 12.0. The Hall–Kier alpha value is -3.48. The first-order chi connectivity index (χ1) is 18.1. The van der Waals surface area contributed by atoms with Crippen LogP contribution in [0.15, 0.2) is 33.8 Å². The van der Waals surface area contributed by atoms with E-state index in [2.05, 4.69) is 25.0 Å². The van der Waals surface area contributed by atoms with Crippen molar-refractivity contribution < 1.29 is 27.3 Å². The summed E-state index contributed by atoms with van der Waals surface area (Å²) in [6, 6.07) is 3.54. The third-order valence-corrected chi connectivity index (χ3v) is 7.45. The Morgan fingerprint density at radius 3 is 2.46 bits per heavy atom. The van der Waals surface area contributed by atoms with E-state index in [0.29, 0.717) is 12.0 Å². The minimum atomic E-state index is -1.71. The van der Waals surface area contributed by atoms with Gasteiger partial charge in [-0.3, -0.25) is 15.1 Å². The molecule has 0 aromatic carbocycles. The van der Waals surface area contributed by atoms with E-state index in [1.807, 2.05) is 0 Å². The van der Waals surface area contributed by atoms with Crippen LogP contribution in [0.2, 0.25) is 0 Å². The Labute approximate surface area is 228 Å². The lowest BCUT2D eigenvalue weighted by atomic mass is 9.90. The van der Waals surface area contributed by atoms with Crippen molar-refractivity contribution in [1.29, 1.82) is 0 Å². The van der Waals surface area contributed by atoms with Gasteiger partial charge in [0.05, 0.1) is 11.7 Å². The standard InChI is InChI=1S/C26H33F2N6O4S/c1-14(2)22(33-24(36)38-25(4,5)6)34-26(7,18-10-11-30-39(18)37)21-17(28)8-9-19(31-21)32-23(35)20-15(3)12-16(27)13-29-20/h8-9,12-14,18H,10-11H2,1-7H3,(H,31,32,35)(H,33,34,36)/q-1. The van der Waals surface area contributed by atoms with Crippen molar-refractivity contribution in [1.82, 2.24) is 15.3 Å². The fraction of sp³-hybridized carbons (Fsp3) is 0.500. The average molecular weight is 564 g/mol. The number of ether oxygens (including phenoxy) is 1. The molecule has 13 heteroatoms. The molecule has 2 amide bonds. The van der Waals surface area contributed by atoms with E-state index in [1.165, 1.54) is 19.1 Å². The molecular weight excluding hydrogens is 530 g/mol. The van der Waals surface area contributed by atoms with Crippen LogP contribution in [0.5, 0.6) is 0 Å². The lowest BCUT2D eigenvalue weighted by molar-refractivity contribution is 0.0560. The Bertz CT molecular complexity index is 1380. The van der Waals surface area contributed by atoms with Gasteiger partial charge in [-0.2, -0.15) is 10.6 Å². The number of hydrogen-bond acceptors (Lipinski definition) is 9. The topological polar surface area (TPSA) is 135 Å². The van der Waals surface area contributed by atoms with Gasteiger partial charge in [0.1, 0.15) is 40.3 Å². The summed E-state index contributed by atoms with van der Waals surface area (Å²) in [7, 11) is -1.71. The summed E-state index contributed by atoms with van der Waals surface area (Å²) in [5, 5.41) is 4.43. The first-order valence-electron chi connectivity index (χ1n) is 12.4. The molecule has 2 unspecified atom stereocenters. The smallest absolute Gasteiger partial charge is 0.413 e. The number of nitrogens with zero attached hydrogens (tertiary/aromatic N) is 4. The molecule has 2 aromatic heterocycles. The van der Waals surface area contributed by atoms with Crippen LogP contribution < -0.4 is 10.6 Å². The van der Waals surface area contributed by atoms with E-state index in [0.717, 1.165) is 12.3 Å². The molecule has 0 bridgehead atoms. The summed E-state index contributed by atoms with van der Waals surface area (Å²) in [4.78, 5) is 38.3. The second kappa shape index (κ2) is 11.7. The van der Waals surface area contributed by atoms with Gasteiger partial charge in [-0.25, -0.2) is 23.5 Å². The summed E-state index contributed by atoms with van der Waals surface area (Å²) in [6.07, 6.45) is 0.508. The van der Waals surface area contributed by atoms with Gasteiger partial charge >= 0.3 is 6.09 Å². The normalized spacial score (nSPS) is 17.9. The number of anilines is 1. The quantitative estimate of drug-likeness (QED) is 0.288. The van der Waals surface area contributed by atoms with E-state index in [-0.39, 0.29) is 35.5 Å². The zero-order chi connectivity index (χ0) is 29.1. The van der Waals surface area contributed by atoms with Gasteiger partial charge in [-0.15, -0.1) is 0 Å². The first-order valence-corrected chi connectivity index (χ1v) is 13.6. The predicted molar refractivity (Wildman–Crippen MR) is 144 cm³/mol. The molecule has 2 N–H and O–H groups in total. The van der Waals surface area contributed by atoms with Gasteiger partial charge in [0, 0.05) is 12.5 Å². The number of aliphatic imine (C=N–C) groups is 1. The van der Waals surface area contributed by atoms with Crippen molar-refractivity contribution in [2.75, 3.05) is 11.9 Å². The van der Waals surface area contributed by atoms with Crippen LogP contribution in [-0.4, -0.2) is 45.2 Å². The number of halogens is 2. The Morgan fingerprint density at radius 2 is 1.90 bits per heavy atom. The van der Waals surface area contributed by atoms with Crippen molar-refractivity contribution in [3.8, 4) is 0 Å². The fourth-order valence-electron chi connectivity index (χ4n) is 3.99. The molecule has 39 heavy (non-hydrogen) atoms. The highest BCUT2D eigenvalue weighted by atomic mass is 32.2. The van der Waals surface area contributed by atoms with Gasteiger partial charge in [0.2, 0.25) is 0 Å². The molecule has 2 aromatic rings. The maximum absolute atomic E-state index is 15.4. The number of carbonyl (C=O) groups is 2.